The Kier molecular flexibility index (Phi) is 4.90. The molecule has 0 unspecified atom stereocenters. The average molecular weight is 356 g/mol. The summed E-state index contributed by atoms with van der Waals surface area (Å²) < 4.78 is 16.2. The van der Waals surface area contributed by atoms with E-state index in [0.717, 1.165) is 5.56 Å². The Labute approximate surface area is 153 Å². The number of ether oxygens (including phenoxy) is 2. The highest BCUT2D eigenvalue weighted by molar-refractivity contribution is 5.84. The van der Waals surface area contributed by atoms with Gasteiger partial charge in [-0.25, -0.2) is 4.98 Å². The summed E-state index contributed by atoms with van der Waals surface area (Å²) in [5.41, 5.74) is 1.44. The van der Waals surface area contributed by atoms with Gasteiger partial charge in [0, 0.05) is 11.5 Å². The van der Waals surface area contributed by atoms with Gasteiger partial charge in [0.2, 0.25) is 0 Å². The molecular formula is C20H24N2O4. The molecule has 1 aliphatic carbocycles. The smallest absolute Gasteiger partial charge is 0.308 e. The van der Waals surface area contributed by atoms with Crippen LogP contribution in [0.25, 0.3) is 11.1 Å². The lowest BCUT2D eigenvalue weighted by molar-refractivity contribution is -0.146. The number of carbonyl (C=O) groups is 1. The van der Waals surface area contributed by atoms with Crippen molar-refractivity contribution in [3.63, 3.8) is 0 Å². The van der Waals surface area contributed by atoms with Crippen molar-refractivity contribution >= 4 is 17.1 Å². The number of methoxy groups -OCH3 is 2. The summed E-state index contributed by atoms with van der Waals surface area (Å²) in [6, 6.07) is 6.25. The van der Waals surface area contributed by atoms with E-state index >= 15 is 0 Å². The Hall–Kier alpha value is -2.55. The summed E-state index contributed by atoms with van der Waals surface area (Å²) in [6.45, 7) is 4.02. The van der Waals surface area contributed by atoms with Crippen LogP contribution in [0.2, 0.25) is 0 Å². The van der Waals surface area contributed by atoms with Gasteiger partial charge >= 0.3 is 5.97 Å². The van der Waals surface area contributed by atoms with E-state index in [1.807, 2.05) is 26.0 Å². The second kappa shape index (κ2) is 6.99. The molecule has 138 valence electrons. The molecule has 0 atom stereocenters. The normalized spacial score (nSPS) is 23.0. The topological polar surface area (TPSA) is 85.4 Å². The molecule has 1 heterocycles. The molecular weight excluding hydrogens is 332 g/mol. The molecule has 1 aromatic carbocycles. The van der Waals surface area contributed by atoms with Gasteiger partial charge in [-0.1, -0.05) is 19.9 Å². The first-order valence-electron chi connectivity index (χ1n) is 8.92. The Morgan fingerprint density at radius 1 is 1.35 bits per heavy atom. The van der Waals surface area contributed by atoms with E-state index in [1.165, 1.54) is 7.11 Å². The second-order valence-electron chi connectivity index (χ2n) is 7.19. The van der Waals surface area contributed by atoms with E-state index in [2.05, 4.69) is 11.1 Å². The van der Waals surface area contributed by atoms with Crippen LogP contribution in [0.4, 0.5) is 0 Å². The van der Waals surface area contributed by atoms with Crippen molar-refractivity contribution < 1.29 is 18.7 Å². The van der Waals surface area contributed by atoms with Crippen molar-refractivity contribution in [2.45, 2.75) is 50.9 Å². The standard InChI is InChI=1S/C20H24N2O4/c1-12(2)18-22-16-14(5-6-15(24-3)17(16)26-18)20(11-21)9-7-13(8-10-20)19(23)25-4/h5-6,12-13H,7-10H2,1-4H3. The number of hydrogen-bond acceptors (Lipinski definition) is 6. The number of esters is 1. The van der Waals surface area contributed by atoms with Gasteiger partial charge in [-0.15, -0.1) is 0 Å². The van der Waals surface area contributed by atoms with Crippen molar-refractivity contribution in [1.29, 1.82) is 5.26 Å². The highest BCUT2D eigenvalue weighted by atomic mass is 16.5. The van der Waals surface area contributed by atoms with Gasteiger partial charge < -0.3 is 13.9 Å². The molecule has 0 aliphatic heterocycles. The lowest BCUT2D eigenvalue weighted by Crippen LogP contribution is -2.33. The Bertz CT molecular complexity index is 855. The van der Waals surface area contributed by atoms with Gasteiger partial charge in [-0.05, 0) is 31.7 Å². The second-order valence-corrected chi connectivity index (χ2v) is 7.19. The number of benzene rings is 1. The molecule has 1 aromatic heterocycles. The number of nitrogens with zero attached hydrogens (tertiary/aromatic N) is 2. The Morgan fingerprint density at radius 3 is 2.58 bits per heavy atom. The summed E-state index contributed by atoms with van der Waals surface area (Å²) in [5.74, 6) is 1.04. The molecule has 1 saturated carbocycles. The molecule has 2 aromatic rings. The zero-order valence-electron chi connectivity index (χ0n) is 15.7. The third-order valence-electron chi connectivity index (χ3n) is 5.34. The highest BCUT2D eigenvalue weighted by Crippen LogP contribution is 2.45. The van der Waals surface area contributed by atoms with Crippen molar-refractivity contribution in [2.75, 3.05) is 14.2 Å². The quantitative estimate of drug-likeness (QED) is 0.767. The molecule has 0 N–H and O–H groups in total. The van der Waals surface area contributed by atoms with Crippen molar-refractivity contribution in [3.8, 4) is 11.8 Å². The van der Waals surface area contributed by atoms with Crippen LogP contribution in [0.15, 0.2) is 16.5 Å². The fourth-order valence-electron chi connectivity index (χ4n) is 3.75. The molecule has 26 heavy (non-hydrogen) atoms. The number of nitriles is 1. The minimum absolute atomic E-state index is 0.132. The van der Waals surface area contributed by atoms with Crippen LogP contribution >= 0.6 is 0 Å². The first kappa shape index (κ1) is 18.2. The molecule has 0 amide bonds. The molecule has 0 spiro atoms. The van der Waals surface area contributed by atoms with Crippen LogP contribution in [-0.2, 0) is 14.9 Å². The van der Waals surface area contributed by atoms with Crippen LogP contribution in [0.1, 0.15) is 56.9 Å². The fourth-order valence-corrected chi connectivity index (χ4v) is 3.75. The highest BCUT2D eigenvalue weighted by Gasteiger charge is 2.41. The number of rotatable bonds is 4. The molecule has 1 aliphatic rings. The van der Waals surface area contributed by atoms with Gasteiger partial charge in [0.1, 0.15) is 5.52 Å². The van der Waals surface area contributed by atoms with E-state index in [9.17, 15) is 10.1 Å². The number of aromatic nitrogens is 1. The van der Waals surface area contributed by atoms with Gasteiger partial charge in [0.05, 0.1) is 31.6 Å². The van der Waals surface area contributed by atoms with E-state index in [0.29, 0.717) is 48.4 Å². The van der Waals surface area contributed by atoms with Crippen LogP contribution < -0.4 is 4.74 Å². The first-order valence-corrected chi connectivity index (χ1v) is 8.92. The predicted octanol–water partition coefficient (Wildman–Crippen LogP) is 4.08. The van der Waals surface area contributed by atoms with Crippen LogP contribution in [0, 0.1) is 17.2 Å². The van der Waals surface area contributed by atoms with Crippen molar-refractivity contribution in [3.05, 3.63) is 23.6 Å². The van der Waals surface area contributed by atoms with E-state index < -0.39 is 5.41 Å². The minimum atomic E-state index is -0.680. The summed E-state index contributed by atoms with van der Waals surface area (Å²) in [7, 11) is 3.00. The van der Waals surface area contributed by atoms with Crippen LogP contribution in [0.3, 0.4) is 0 Å². The number of oxazole rings is 1. The number of fused-ring (bicyclic) bond motifs is 1. The number of hydrogen-bond donors (Lipinski definition) is 0. The third kappa shape index (κ3) is 2.92. The zero-order chi connectivity index (χ0) is 18.9. The maximum atomic E-state index is 11.8. The lowest BCUT2D eigenvalue weighted by atomic mass is 9.67. The summed E-state index contributed by atoms with van der Waals surface area (Å²) >= 11 is 0. The van der Waals surface area contributed by atoms with E-state index in [4.69, 9.17) is 13.9 Å². The average Bonchev–Trinajstić information content (AvgIpc) is 3.12. The lowest BCUT2D eigenvalue weighted by Gasteiger charge is -2.34. The SMILES string of the molecule is COC(=O)C1CCC(C#N)(c2ccc(OC)c3oc(C(C)C)nc23)CC1. The van der Waals surface area contributed by atoms with Crippen molar-refractivity contribution in [1.82, 2.24) is 4.98 Å². The molecule has 3 rings (SSSR count). The largest absolute Gasteiger partial charge is 0.493 e. The molecule has 0 bridgehead atoms. The summed E-state index contributed by atoms with van der Waals surface area (Å²) in [6.07, 6.45) is 2.44. The van der Waals surface area contributed by atoms with Gasteiger partial charge in [-0.3, -0.25) is 4.79 Å². The van der Waals surface area contributed by atoms with Crippen molar-refractivity contribution in [2.24, 2.45) is 5.92 Å². The zero-order valence-corrected chi connectivity index (χ0v) is 15.7. The first-order chi connectivity index (χ1) is 12.5. The maximum Gasteiger partial charge on any atom is 0.308 e. The molecule has 1 fully saturated rings. The van der Waals surface area contributed by atoms with Crippen LogP contribution in [-0.4, -0.2) is 25.2 Å². The maximum absolute atomic E-state index is 11.8. The third-order valence-corrected chi connectivity index (χ3v) is 5.34. The molecule has 0 saturated heterocycles. The minimum Gasteiger partial charge on any atom is -0.493 e. The number of carbonyl (C=O) groups excluding carboxylic acids is 1. The Morgan fingerprint density at radius 2 is 2.04 bits per heavy atom. The Balaban J connectivity index is 2.06. The van der Waals surface area contributed by atoms with Gasteiger partial charge in [0.15, 0.2) is 17.2 Å². The molecule has 6 heteroatoms. The van der Waals surface area contributed by atoms with Gasteiger partial charge in [-0.2, -0.15) is 5.26 Å². The summed E-state index contributed by atoms with van der Waals surface area (Å²) in [4.78, 5) is 16.5. The van der Waals surface area contributed by atoms with E-state index in [1.54, 1.807) is 7.11 Å². The van der Waals surface area contributed by atoms with Gasteiger partial charge in [0.25, 0.3) is 0 Å². The molecule has 6 nitrogen and oxygen atoms in total. The predicted molar refractivity (Wildman–Crippen MR) is 95.9 cm³/mol. The molecule has 0 radical (unpaired) electrons. The fraction of sp³-hybridized carbons (Fsp3) is 0.550. The van der Waals surface area contributed by atoms with Crippen LogP contribution in [0.5, 0.6) is 5.75 Å². The monoisotopic (exact) mass is 356 g/mol. The van der Waals surface area contributed by atoms with E-state index in [-0.39, 0.29) is 17.8 Å². The summed E-state index contributed by atoms with van der Waals surface area (Å²) in [5, 5.41) is 10.0.